The van der Waals surface area contributed by atoms with Crippen LogP contribution in [0, 0.1) is 5.92 Å². The minimum atomic E-state index is -0.156. The first kappa shape index (κ1) is 8.27. The molecule has 0 bridgehead atoms. The zero-order valence-corrected chi connectivity index (χ0v) is 6.89. The second kappa shape index (κ2) is 3.53. The predicted octanol–water partition coefficient (Wildman–Crippen LogP) is 0.325. The average molecular weight is 155 g/mol. The van der Waals surface area contributed by atoms with E-state index in [1.165, 1.54) is 12.7 Å². The van der Waals surface area contributed by atoms with Crippen LogP contribution in [-0.4, -0.2) is 26.2 Å². The van der Waals surface area contributed by atoms with Crippen molar-refractivity contribution in [2.45, 2.75) is 6.92 Å². The summed E-state index contributed by atoms with van der Waals surface area (Å²) in [4.78, 5) is 11.0. The molecule has 0 spiro atoms. The van der Waals surface area contributed by atoms with Crippen molar-refractivity contribution in [3.8, 4) is 0 Å². The van der Waals surface area contributed by atoms with Crippen LogP contribution in [0.3, 0.4) is 0 Å². The first-order valence-corrected chi connectivity index (χ1v) is 3.70. The van der Waals surface area contributed by atoms with Gasteiger partial charge in [0, 0.05) is 13.1 Å². The van der Waals surface area contributed by atoms with E-state index in [-0.39, 0.29) is 11.9 Å². The molecule has 0 aromatic heterocycles. The Kier molecular flexibility index (Phi) is 2.65. The molecule has 0 radical (unpaired) electrons. The van der Waals surface area contributed by atoms with Crippen molar-refractivity contribution in [1.82, 2.24) is 5.32 Å². The fraction of sp³-hybridized carbons (Fsp3) is 0.625. The fourth-order valence-electron chi connectivity index (χ4n) is 1.19. The van der Waals surface area contributed by atoms with Gasteiger partial charge in [-0.2, -0.15) is 0 Å². The lowest BCUT2D eigenvalue weighted by Gasteiger charge is -2.18. The molecule has 3 heteroatoms. The molecule has 0 saturated heterocycles. The molecule has 0 aromatic carbocycles. The molecule has 1 unspecified atom stereocenters. The molecule has 62 valence electrons. The quantitative estimate of drug-likeness (QED) is 0.438. The van der Waals surface area contributed by atoms with Gasteiger partial charge in [0.05, 0.1) is 13.0 Å². The summed E-state index contributed by atoms with van der Waals surface area (Å²) in [7, 11) is 1.42. The van der Waals surface area contributed by atoms with Crippen molar-refractivity contribution >= 4 is 5.97 Å². The van der Waals surface area contributed by atoms with Gasteiger partial charge in [-0.1, -0.05) is 11.6 Å². The highest BCUT2D eigenvalue weighted by Crippen LogP contribution is 2.08. The first-order valence-electron chi connectivity index (χ1n) is 3.70. The molecule has 1 aliphatic rings. The van der Waals surface area contributed by atoms with E-state index in [4.69, 9.17) is 0 Å². The summed E-state index contributed by atoms with van der Waals surface area (Å²) in [6.45, 7) is 3.58. The molecule has 1 atom stereocenters. The van der Waals surface area contributed by atoms with Crippen LogP contribution in [0.1, 0.15) is 6.92 Å². The maximum atomic E-state index is 11.0. The van der Waals surface area contributed by atoms with Gasteiger partial charge in [0.25, 0.3) is 0 Å². The summed E-state index contributed by atoms with van der Waals surface area (Å²) < 4.78 is 4.61. The zero-order valence-electron chi connectivity index (χ0n) is 6.89. The number of esters is 1. The molecule has 0 saturated carbocycles. The van der Waals surface area contributed by atoms with E-state index in [9.17, 15) is 4.79 Å². The molecular formula is C8H13NO2. The molecular weight excluding hydrogens is 142 g/mol. The third kappa shape index (κ3) is 2.05. The van der Waals surface area contributed by atoms with Gasteiger partial charge in [-0.25, -0.2) is 0 Å². The zero-order chi connectivity index (χ0) is 8.27. The molecule has 1 heterocycles. The SMILES string of the molecule is COC(=O)C1C=C(C)CNC1. The number of hydrogen-bond donors (Lipinski definition) is 1. The van der Waals surface area contributed by atoms with Gasteiger partial charge in [-0.3, -0.25) is 4.79 Å². The van der Waals surface area contributed by atoms with Gasteiger partial charge in [-0.15, -0.1) is 0 Å². The van der Waals surface area contributed by atoms with E-state index in [0.717, 1.165) is 6.54 Å². The van der Waals surface area contributed by atoms with Crippen molar-refractivity contribution in [2.75, 3.05) is 20.2 Å². The van der Waals surface area contributed by atoms with Gasteiger partial charge in [-0.05, 0) is 6.92 Å². The van der Waals surface area contributed by atoms with Crippen molar-refractivity contribution in [2.24, 2.45) is 5.92 Å². The van der Waals surface area contributed by atoms with E-state index in [0.29, 0.717) is 6.54 Å². The summed E-state index contributed by atoms with van der Waals surface area (Å²) >= 11 is 0. The van der Waals surface area contributed by atoms with Crippen molar-refractivity contribution < 1.29 is 9.53 Å². The van der Waals surface area contributed by atoms with Gasteiger partial charge in [0.2, 0.25) is 0 Å². The second-order valence-electron chi connectivity index (χ2n) is 2.77. The Morgan fingerprint density at radius 2 is 2.55 bits per heavy atom. The topological polar surface area (TPSA) is 38.3 Å². The molecule has 11 heavy (non-hydrogen) atoms. The summed E-state index contributed by atoms with van der Waals surface area (Å²) in [5.41, 5.74) is 1.20. The van der Waals surface area contributed by atoms with Crippen molar-refractivity contribution in [3.63, 3.8) is 0 Å². The lowest BCUT2D eigenvalue weighted by Crippen LogP contribution is -2.33. The highest BCUT2D eigenvalue weighted by molar-refractivity contribution is 5.75. The summed E-state index contributed by atoms with van der Waals surface area (Å²) in [5, 5.41) is 3.13. The third-order valence-electron chi connectivity index (χ3n) is 1.76. The van der Waals surface area contributed by atoms with Crippen LogP contribution in [0.25, 0.3) is 0 Å². The van der Waals surface area contributed by atoms with E-state index in [2.05, 4.69) is 10.1 Å². The number of methoxy groups -OCH3 is 1. The highest BCUT2D eigenvalue weighted by Gasteiger charge is 2.18. The largest absolute Gasteiger partial charge is 0.469 e. The van der Waals surface area contributed by atoms with Crippen LogP contribution < -0.4 is 5.32 Å². The maximum Gasteiger partial charge on any atom is 0.313 e. The Labute approximate surface area is 66.4 Å². The van der Waals surface area contributed by atoms with Crippen molar-refractivity contribution in [1.29, 1.82) is 0 Å². The summed E-state index contributed by atoms with van der Waals surface area (Å²) in [6, 6.07) is 0. The fourth-order valence-corrected chi connectivity index (χ4v) is 1.19. The molecule has 1 aliphatic heterocycles. The van der Waals surface area contributed by atoms with Crippen LogP contribution in [0.2, 0.25) is 0 Å². The maximum absolute atomic E-state index is 11.0. The van der Waals surface area contributed by atoms with Crippen molar-refractivity contribution in [3.05, 3.63) is 11.6 Å². The highest BCUT2D eigenvalue weighted by atomic mass is 16.5. The number of ether oxygens (including phenoxy) is 1. The van der Waals surface area contributed by atoms with Gasteiger partial charge in [0.1, 0.15) is 0 Å². The monoisotopic (exact) mass is 155 g/mol. The minimum absolute atomic E-state index is 0.0891. The molecule has 1 rings (SSSR count). The van der Waals surface area contributed by atoms with Crippen LogP contribution in [0.5, 0.6) is 0 Å². The Balaban J connectivity index is 2.59. The summed E-state index contributed by atoms with van der Waals surface area (Å²) in [5.74, 6) is -0.245. The lowest BCUT2D eigenvalue weighted by molar-refractivity contribution is -0.143. The predicted molar refractivity (Wildman–Crippen MR) is 42.1 cm³/mol. The molecule has 3 nitrogen and oxygen atoms in total. The van der Waals surface area contributed by atoms with E-state index in [1.807, 2.05) is 13.0 Å². The molecule has 1 N–H and O–H groups in total. The minimum Gasteiger partial charge on any atom is -0.469 e. The molecule has 0 aromatic rings. The standard InChI is InChI=1S/C8H13NO2/c1-6-3-7(5-9-4-6)8(10)11-2/h3,7,9H,4-5H2,1-2H3. The van der Waals surface area contributed by atoms with Crippen LogP contribution in [0.15, 0.2) is 11.6 Å². The van der Waals surface area contributed by atoms with E-state index in [1.54, 1.807) is 0 Å². The number of hydrogen-bond acceptors (Lipinski definition) is 3. The van der Waals surface area contributed by atoms with Crippen LogP contribution in [0.4, 0.5) is 0 Å². The Hall–Kier alpha value is -0.830. The normalized spacial score (nSPS) is 24.2. The van der Waals surface area contributed by atoms with Gasteiger partial charge >= 0.3 is 5.97 Å². The number of carbonyl (C=O) groups excluding carboxylic acids is 1. The van der Waals surface area contributed by atoms with E-state index >= 15 is 0 Å². The second-order valence-corrected chi connectivity index (χ2v) is 2.77. The average Bonchev–Trinajstić information content (AvgIpc) is 2.03. The number of carbonyl (C=O) groups is 1. The number of rotatable bonds is 1. The van der Waals surface area contributed by atoms with Gasteiger partial charge < -0.3 is 10.1 Å². The van der Waals surface area contributed by atoms with Crippen LogP contribution in [-0.2, 0) is 9.53 Å². The summed E-state index contributed by atoms with van der Waals surface area (Å²) in [6.07, 6.45) is 1.96. The molecule has 0 aliphatic carbocycles. The Bertz CT molecular complexity index is 187. The lowest BCUT2D eigenvalue weighted by atomic mass is 10.0. The number of nitrogens with one attached hydrogen (secondary N) is 1. The van der Waals surface area contributed by atoms with E-state index < -0.39 is 0 Å². The van der Waals surface area contributed by atoms with Gasteiger partial charge in [0.15, 0.2) is 0 Å². The molecule has 0 amide bonds. The first-order chi connectivity index (χ1) is 5.24. The van der Waals surface area contributed by atoms with Crippen LogP contribution >= 0.6 is 0 Å². The third-order valence-corrected chi connectivity index (χ3v) is 1.76. The smallest absolute Gasteiger partial charge is 0.313 e. The Morgan fingerprint density at radius 1 is 1.82 bits per heavy atom. The Morgan fingerprint density at radius 3 is 3.09 bits per heavy atom. The molecule has 0 fully saturated rings.